The molecule has 1 heterocycles. The highest BCUT2D eigenvalue weighted by Crippen LogP contribution is 2.33. The van der Waals surface area contributed by atoms with Crippen molar-refractivity contribution in [1.82, 2.24) is 9.97 Å². The molecule has 0 fully saturated rings. The Morgan fingerprint density at radius 3 is 2.52 bits per heavy atom. The van der Waals surface area contributed by atoms with Crippen LogP contribution in [-0.2, 0) is 9.47 Å². The second-order valence-electron chi connectivity index (χ2n) is 5.49. The van der Waals surface area contributed by atoms with Gasteiger partial charge in [-0.2, -0.15) is 0 Å². The summed E-state index contributed by atoms with van der Waals surface area (Å²) in [6.07, 6.45) is 4.97. The fourth-order valence-corrected chi connectivity index (χ4v) is 2.83. The summed E-state index contributed by atoms with van der Waals surface area (Å²) in [6, 6.07) is 0. The average Bonchev–Trinajstić information content (AvgIpc) is 2.49. The maximum absolute atomic E-state index is 12.2. The van der Waals surface area contributed by atoms with Crippen molar-refractivity contribution in [3.05, 3.63) is 39.1 Å². The molecule has 130 valence electrons. The molecule has 1 aromatic rings. The molecule has 23 heavy (non-hydrogen) atoms. The third-order valence-corrected chi connectivity index (χ3v) is 3.90. The summed E-state index contributed by atoms with van der Waals surface area (Å²) in [5.74, 6) is -0.641. The quantitative estimate of drug-likeness (QED) is 0.422. The van der Waals surface area contributed by atoms with Gasteiger partial charge >= 0.3 is 5.69 Å². The third-order valence-electron chi connectivity index (χ3n) is 3.90. The van der Waals surface area contributed by atoms with E-state index in [-0.39, 0.29) is 23.3 Å². The van der Waals surface area contributed by atoms with Crippen LogP contribution in [0.2, 0.25) is 0 Å². The summed E-state index contributed by atoms with van der Waals surface area (Å²) in [5.41, 5.74) is -1.11. The zero-order chi connectivity index (χ0) is 17.2. The van der Waals surface area contributed by atoms with E-state index in [2.05, 4.69) is 16.5 Å². The van der Waals surface area contributed by atoms with Gasteiger partial charge in [-0.15, -0.1) is 6.58 Å². The fourth-order valence-electron chi connectivity index (χ4n) is 2.83. The molecule has 2 atom stereocenters. The predicted octanol–water partition coefficient (Wildman–Crippen LogP) is 1.51. The maximum atomic E-state index is 12.2. The average molecular weight is 326 g/mol. The number of nitrogens with one attached hydrogen (secondary N) is 2. The zero-order valence-electron chi connectivity index (χ0n) is 13.8. The normalized spacial score (nSPS) is 13.7. The Labute approximate surface area is 135 Å². The van der Waals surface area contributed by atoms with Crippen LogP contribution < -0.4 is 11.2 Å². The molecule has 1 aromatic heterocycles. The highest BCUT2D eigenvalue weighted by molar-refractivity contribution is 5.26. The molecule has 0 saturated carbocycles. The standard InChI is InChI=1S/C16H26N2O5/c1-4-5-6-7-11(10-23-3)12(8-9-22-2)13-14(19)17-16(21)18-15(13)20/h4,11-12H,1,5-10H2,2-3H3,(H3,17,18,19,20,21). The monoisotopic (exact) mass is 326 g/mol. The Bertz CT molecular complexity index is 593. The van der Waals surface area contributed by atoms with Crippen LogP contribution in [0.5, 0.6) is 5.88 Å². The van der Waals surface area contributed by atoms with Crippen molar-refractivity contribution in [2.75, 3.05) is 27.4 Å². The van der Waals surface area contributed by atoms with Crippen LogP contribution in [0, 0.1) is 5.92 Å². The summed E-state index contributed by atoms with van der Waals surface area (Å²) in [6.45, 7) is 4.59. The molecule has 1 rings (SSSR count). The van der Waals surface area contributed by atoms with Crippen LogP contribution >= 0.6 is 0 Å². The molecule has 0 aliphatic heterocycles. The molecular formula is C16H26N2O5. The molecule has 0 radical (unpaired) electrons. The molecule has 0 amide bonds. The van der Waals surface area contributed by atoms with Gasteiger partial charge in [-0.25, -0.2) is 4.79 Å². The number of rotatable bonds is 11. The Hall–Kier alpha value is -1.86. The lowest BCUT2D eigenvalue weighted by Crippen LogP contribution is -2.31. The number of hydrogen-bond donors (Lipinski definition) is 3. The lowest BCUT2D eigenvalue weighted by Gasteiger charge is -2.26. The Kier molecular flexibility index (Phi) is 8.36. The summed E-state index contributed by atoms with van der Waals surface area (Å²) < 4.78 is 10.4. The molecule has 0 saturated heterocycles. The molecule has 0 spiro atoms. The van der Waals surface area contributed by atoms with Gasteiger partial charge in [0.05, 0.1) is 5.56 Å². The second kappa shape index (κ2) is 10.0. The van der Waals surface area contributed by atoms with Crippen molar-refractivity contribution in [3.63, 3.8) is 0 Å². The number of hydrogen-bond acceptors (Lipinski definition) is 5. The molecule has 3 N–H and O–H groups in total. The number of H-pyrrole nitrogens is 2. The lowest BCUT2D eigenvalue weighted by molar-refractivity contribution is 0.114. The molecule has 2 unspecified atom stereocenters. The van der Waals surface area contributed by atoms with E-state index in [0.29, 0.717) is 19.6 Å². The Morgan fingerprint density at radius 1 is 1.22 bits per heavy atom. The van der Waals surface area contributed by atoms with Gasteiger partial charge in [-0.3, -0.25) is 14.8 Å². The molecule has 0 bridgehead atoms. The summed E-state index contributed by atoms with van der Waals surface area (Å²) in [5, 5.41) is 10.1. The predicted molar refractivity (Wildman–Crippen MR) is 88.0 cm³/mol. The van der Waals surface area contributed by atoms with Crippen LogP contribution in [0.15, 0.2) is 22.2 Å². The number of allylic oxidation sites excluding steroid dienone is 1. The largest absolute Gasteiger partial charge is 0.494 e. The van der Waals surface area contributed by atoms with Crippen molar-refractivity contribution in [2.45, 2.75) is 31.6 Å². The van der Waals surface area contributed by atoms with E-state index < -0.39 is 11.2 Å². The SMILES string of the molecule is C=CCCCC(COC)C(CCOC)c1c(O)[nH]c(=O)[nH]c1=O. The van der Waals surface area contributed by atoms with Crippen molar-refractivity contribution in [2.24, 2.45) is 5.92 Å². The van der Waals surface area contributed by atoms with Gasteiger partial charge in [0.1, 0.15) is 0 Å². The van der Waals surface area contributed by atoms with E-state index in [4.69, 9.17) is 9.47 Å². The number of methoxy groups -OCH3 is 2. The molecule has 0 aromatic carbocycles. The van der Waals surface area contributed by atoms with E-state index in [1.165, 1.54) is 0 Å². The van der Waals surface area contributed by atoms with Gasteiger partial charge in [0, 0.05) is 33.4 Å². The first-order chi connectivity index (χ1) is 11.0. The van der Waals surface area contributed by atoms with Gasteiger partial charge < -0.3 is 14.6 Å². The first-order valence-corrected chi connectivity index (χ1v) is 7.69. The number of ether oxygens (including phenoxy) is 2. The third kappa shape index (κ3) is 5.69. The van der Waals surface area contributed by atoms with Crippen molar-refractivity contribution >= 4 is 0 Å². The molecule has 0 aliphatic rings. The van der Waals surface area contributed by atoms with E-state index in [0.717, 1.165) is 19.3 Å². The molecule has 7 heteroatoms. The molecule has 0 aliphatic carbocycles. The number of aromatic amines is 2. The highest BCUT2D eigenvalue weighted by Gasteiger charge is 2.28. The van der Waals surface area contributed by atoms with Crippen molar-refractivity contribution in [1.29, 1.82) is 0 Å². The molecule has 7 nitrogen and oxygen atoms in total. The Morgan fingerprint density at radius 2 is 1.96 bits per heavy atom. The summed E-state index contributed by atoms with van der Waals surface area (Å²) >= 11 is 0. The van der Waals surface area contributed by atoms with Crippen LogP contribution in [0.25, 0.3) is 0 Å². The zero-order valence-corrected chi connectivity index (χ0v) is 13.8. The Balaban J connectivity index is 3.16. The van der Waals surface area contributed by atoms with Gasteiger partial charge in [0.15, 0.2) is 0 Å². The number of aromatic hydroxyl groups is 1. The van der Waals surface area contributed by atoms with E-state index in [1.807, 2.05) is 6.08 Å². The fraction of sp³-hybridized carbons (Fsp3) is 0.625. The van der Waals surface area contributed by atoms with Crippen LogP contribution in [0.4, 0.5) is 0 Å². The van der Waals surface area contributed by atoms with Crippen LogP contribution in [-0.4, -0.2) is 42.5 Å². The van der Waals surface area contributed by atoms with Crippen molar-refractivity contribution < 1.29 is 14.6 Å². The smallest absolute Gasteiger partial charge is 0.328 e. The topological polar surface area (TPSA) is 104 Å². The number of aromatic nitrogens is 2. The van der Waals surface area contributed by atoms with E-state index >= 15 is 0 Å². The van der Waals surface area contributed by atoms with Crippen LogP contribution in [0.1, 0.15) is 37.2 Å². The number of unbranched alkanes of at least 4 members (excludes halogenated alkanes) is 1. The van der Waals surface area contributed by atoms with E-state index in [9.17, 15) is 14.7 Å². The highest BCUT2D eigenvalue weighted by atomic mass is 16.5. The first-order valence-electron chi connectivity index (χ1n) is 7.69. The van der Waals surface area contributed by atoms with Gasteiger partial charge in [-0.1, -0.05) is 6.08 Å². The summed E-state index contributed by atoms with van der Waals surface area (Å²) in [7, 11) is 3.18. The van der Waals surface area contributed by atoms with Gasteiger partial charge in [0.2, 0.25) is 5.88 Å². The van der Waals surface area contributed by atoms with Crippen molar-refractivity contribution in [3.8, 4) is 5.88 Å². The minimum atomic E-state index is -0.725. The molecular weight excluding hydrogens is 300 g/mol. The summed E-state index contributed by atoms with van der Waals surface area (Å²) in [4.78, 5) is 27.9. The second-order valence-corrected chi connectivity index (χ2v) is 5.49. The minimum absolute atomic E-state index is 0.0213. The first kappa shape index (κ1) is 19.2. The maximum Gasteiger partial charge on any atom is 0.328 e. The van der Waals surface area contributed by atoms with Gasteiger partial charge in [0.25, 0.3) is 5.56 Å². The van der Waals surface area contributed by atoms with Crippen LogP contribution in [0.3, 0.4) is 0 Å². The lowest BCUT2D eigenvalue weighted by atomic mass is 9.82. The van der Waals surface area contributed by atoms with E-state index in [1.54, 1.807) is 14.2 Å². The minimum Gasteiger partial charge on any atom is -0.494 e. The van der Waals surface area contributed by atoms with Gasteiger partial charge in [-0.05, 0) is 31.6 Å².